The van der Waals surface area contributed by atoms with Gasteiger partial charge in [0.25, 0.3) is 5.56 Å². The Labute approximate surface area is 199 Å². The molecule has 190 valence electrons. The smallest absolute Gasteiger partial charge is 0.310 e. The van der Waals surface area contributed by atoms with Crippen LogP contribution in [0.25, 0.3) is 16.6 Å². The molecule has 0 unspecified atom stereocenters. The van der Waals surface area contributed by atoms with Gasteiger partial charge in [0.1, 0.15) is 22.6 Å². The van der Waals surface area contributed by atoms with Gasteiger partial charge in [-0.05, 0) is 75.1 Å². The molecule has 1 saturated carbocycles. The van der Waals surface area contributed by atoms with Crippen LogP contribution in [0.4, 0.5) is 19.4 Å². The first-order valence-corrected chi connectivity index (χ1v) is 13.5. The summed E-state index contributed by atoms with van der Waals surface area (Å²) >= 11 is 0. The van der Waals surface area contributed by atoms with E-state index < -0.39 is 26.1 Å². The van der Waals surface area contributed by atoms with Gasteiger partial charge in [-0.15, -0.1) is 0 Å². The van der Waals surface area contributed by atoms with Gasteiger partial charge < -0.3 is 9.64 Å². The van der Waals surface area contributed by atoms with E-state index >= 15 is 0 Å². The fourth-order valence-corrected chi connectivity index (χ4v) is 5.46. The van der Waals surface area contributed by atoms with Gasteiger partial charge in [0, 0.05) is 19.1 Å². The minimum atomic E-state index is -9.94. The molecule has 2 aliphatic rings. The van der Waals surface area contributed by atoms with Crippen LogP contribution in [-0.2, 0) is 0 Å². The maximum atomic E-state index is 13.3. The van der Waals surface area contributed by atoms with E-state index in [1.807, 2.05) is 0 Å². The van der Waals surface area contributed by atoms with Gasteiger partial charge in [-0.1, -0.05) is 25.8 Å². The lowest BCUT2D eigenvalue weighted by Crippen LogP contribution is -2.46. The highest BCUT2D eigenvalue weighted by Crippen LogP contribution is 3.02. The van der Waals surface area contributed by atoms with E-state index in [0.29, 0.717) is 17.5 Å². The van der Waals surface area contributed by atoms with Gasteiger partial charge in [-0.3, -0.25) is 9.36 Å². The minimum absolute atomic E-state index is 0.0810. The summed E-state index contributed by atoms with van der Waals surface area (Å²) in [6, 6.07) is 8.56. The molecule has 2 aromatic carbocycles. The average Bonchev–Trinajstić information content (AvgIpc) is 2.73. The van der Waals surface area contributed by atoms with Crippen LogP contribution in [-0.4, -0.2) is 39.7 Å². The number of halogens is 5. The molecule has 0 atom stereocenters. The van der Waals surface area contributed by atoms with Crippen molar-refractivity contribution in [2.24, 2.45) is 0 Å². The van der Waals surface area contributed by atoms with Crippen molar-refractivity contribution in [3.8, 4) is 11.4 Å². The summed E-state index contributed by atoms with van der Waals surface area (Å²) in [5.74, 6) is 0.845. The van der Waals surface area contributed by atoms with Crippen molar-refractivity contribution in [2.75, 3.05) is 13.1 Å². The van der Waals surface area contributed by atoms with Crippen molar-refractivity contribution in [1.29, 1.82) is 0 Å². The van der Waals surface area contributed by atoms with Gasteiger partial charge in [-0.2, -0.15) is 0 Å². The van der Waals surface area contributed by atoms with Gasteiger partial charge in [0.15, 0.2) is 0 Å². The van der Waals surface area contributed by atoms with Crippen molar-refractivity contribution in [3.63, 3.8) is 0 Å². The monoisotopic (exact) mass is 515 g/mol. The summed E-state index contributed by atoms with van der Waals surface area (Å²) in [6.07, 6.45) is 5.81. The molecule has 5 rings (SSSR count). The third-order valence-electron chi connectivity index (χ3n) is 6.92. The molecular formula is C24H26F5N3O2S. The molecule has 0 spiro atoms. The normalized spacial score (nSPS) is 20.3. The van der Waals surface area contributed by atoms with Crippen molar-refractivity contribution in [2.45, 2.75) is 56.1 Å². The second kappa shape index (κ2) is 7.67. The first-order chi connectivity index (χ1) is 16.3. The van der Waals surface area contributed by atoms with E-state index in [0.717, 1.165) is 36.6 Å². The van der Waals surface area contributed by atoms with E-state index in [-0.39, 0.29) is 29.6 Å². The van der Waals surface area contributed by atoms with Crippen molar-refractivity contribution < 1.29 is 24.2 Å². The van der Waals surface area contributed by atoms with Gasteiger partial charge >= 0.3 is 10.2 Å². The molecule has 2 heterocycles. The SMILES string of the molecule is Cc1nc2ccc(S(F)(F)(F)(F)F)cc2c(=O)n1-c1ccc(OC2CCN(C3CCC3)CC2)cc1. The van der Waals surface area contributed by atoms with Crippen molar-refractivity contribution >= 4 is 21.1 Å². The van der Waals surface area contributed by atoms with E-state index in [9.17, 15) is 24.2 Å². The highest BCUT2D eigenvalue weighted by atomic mass is 32.5. The molecule has 1 aromatic heterocycles. The van der Waals surface area contributed by atoms with Gasteiger partial charge in [0.2, 0.25) is 0 Å². The zero-order valence-corrected chi connectivity index (χ0v) is 19.9. The number of likely N-dealkylation sites (tertiary alicyclic amines) is 1. The summed E-state index contributed by atoms with van der Waals surface area (Å²) in [4.78, 5) is 17.6. The molecule has 1 aliphatic carbocycles. The number of aryl methyl sites for hydroxylation is 1. The molecular weight excluding hydrogens is 489 g/mol. The number of nitrogens with zero attached hydrogens (tertiary/aromatic N) is 3. The van der Waals surface area contributed by atoms with Crippen molar-refractivity contribution in [1.82, 2.24) is 14.5 Å². The Bertz CT molecular complexity index is 1330. The number of hydrogen-bond donors (Lipinski definition) is 0. The van der Waals surface area contributed by atoms with Crippen LogP contribution in [0.2, 0.25) is 0 Å². The molecule has 1 aliphatic heterocycles. The lowest BCUT2D eigenvalue weighted by Gasteiger charge is -2.41. The lowest BCUT2D eigenvalue weighted by molar-refractivity contribution is 0.0493. The number of ether oxygens (including phenoxy) is 1. The minimum Gasteiger partial charge on any atom is -0.490 e. The van der Waals surface area contributed by atoms with Crippen LogP contribution in [0.5, 0.6) is 5.75 Å². The van der Waals surface area contributed by atoms with Crippen LogP contribution in [0.15, 0.2) is 52.2 Å². The second-order valence-corrected chi connectivity index (χ2v) is 11.8. The Balaban J connectivity index is 1.38. The second-order valence-electron chi connectivity index (χ2n) is 9.38. The highest BCUT2D eigenvalue weighted by Gasteiger charge is 2.65. The third kappa shape index (κ3) is 4.88. The predicted octanol–water partition coefficient (Wildman–Crippen LogP) is 6.75. The van der Waals surface area contributed by atoms with Gasteiger partial charge in [-0.25, -0.2) is 4.98 Å². The number of fused-ring (bicyclic) bond motifs is 1. The summed E-state index contributed by atoms with van der Waals surface area (Å²) in [5.41, 5.74) is -0.581. The Morgan fingerprint density at radius 2 is 1.60 bits per heavy atom. The topological polar surface area (TPSA) is 47.4 Å². The first kappa shape index (κ1) is 24.1. The molecule has 3 aromatic rings. The number of piperidine rings is 1. The summed E-state index contributed by atoms with van der Waals surface area (Å²) in [7, 11) is -9.94. The van der Waals surface area contributed by atoms with Crippen molar-refractivity contribution in [3.05, 3.63) is 58.6 Å². The van der Waals surface area contributed by atoms with Crippen LogP contribution in [0, 0.1) is 6.92 Å². The largest absolute Gasteiger partial charge is 0.490 e. The number of hydrogen-bond acceptors (Lipinski definition) is 4. The molecule has 2 fully saturated rings. The van der Waals surface area contributed by atoms with E-state index in [1.54, 1.807) is 24.3 Å². The van der Waals surface area contributed by atoms with Crippen LogP contribution in [0.1, 0.15) is 37.9 Å². The summed E-state index contributed by atoms with van der Waals surface area (Å²) in [5, 5.41) is -0.528. The quantitative estimate of drug-likeness (QED) is 0.353. The predicted molar refractivity (Wildman–Crippen MR) is 126 cm³/mol. The first-order valence-electron chi connectivity index (χ1n) is 11.6. The standard InChI is InChI=1S/C24H26F5N3O2S/c1-16-30-23-10-9-21(35(25,26,27,28)29)15-22(23)24(33)32(16)18-5-7-19(8-6-18)34-20-11-13-31(14-12-20)17-3-2-4-17/h5-10,15,17,20H,2-4,11-14H2,1H3. The Hall–Kier alpha value is -2.66. The lowest BCUT2D eigenvalue weighted by atomic mass is 9.90. The van der Waals surface area contributed by atoms with Crippen LogP contribution >= 0.6 is 10.2 Å². The number of aromatic nitrogens is 2. The Kier molecular flexibility index (Phi) is 5.27. The van der Waals surface area contributed by atoms with Gasteiger partial charge in [0.05, 0.1) is 16.6 Å². The van der Waals surface area contributed by atoms with Crippen LogP contribution in [0.3, 0.4) is 0 Å². The van der Waals surface area contributed by atoms with Crippen LogP contribution < -0.4 is 10.3 Å². The molecule has 0 bridgehead atoms. The van der Waals surface area contributed by atoms with E-state index in [4.69, 9.17) is 4.74 Å². The Morgan fingerprint density at radius 3 is 2.17 bits per heavy atom. The number of benzene rings is 2. The zero-order chi connectivity index (χ0) is 25.1. The molecule has 0 N–H and O–H groups in total. The Morgan fingerprint density at radius 1 is 0.943 bits per heavy atom. The fourth-order valence-electron chi connectivity index (χ4n) is 4.80. The maximum absolute atomic E-state index is 13.3. The molecule has 0 radical (unpaired) electrons. The third-order valence-corrected chi connectivity index (χ3v) is 8.06. The fraction of sp³-hybridized carbons (Fsp3) is 0.417. The molecule has 35 heavy (non-hydrogen) atoms. The molecule has 11 heteroatoms. The summed E-state index contributed by atoms with van der Waals surface area (Å²) in [6.45, 7) is 3.54. The summed E-state index contributed by atoms with van der Waals surface area (Å²) < 4.78 is 73.6. The van der Waals surface area contributed by atoms with E-state index in [2.05, 4.69) is 9.88 Å². The number of rotatable bonds is 5. The molecule has 5 nitrogen and oxygen atoms in total. The average molecular weight is 516 g/mol. The zero-order valence-electron chi connectivity index (χ0n) is 19.1. The van der Waals surface area contributed by atoms with E-state index in [1.165, 1.54) is 26.2 Å². The maximum Gasteiger partial charge on any atom is 0.310 e. The molecule has 1 saturated heterocycles. The highest BCUT2D eigenvalue weighted by molar-refractivity contribution is 8.45. The molecule has 0 amide bonds.